The van der Waals surface area contributed by atoms with Crippen LogP contribution in [0.5, 0.6) is 0 Å². The van der Waals surface area contributed by atoms with Crippen molar-refractivity contribution in [3.63, 3.8) is 0 Å². The number of nitrogens with zero attached hydrogens (tertiary/aromatic N) is 3. The lowest BCUT2D eigenvalue weighted by atomic mass is 10.2. The molecular formula is C14H26Cl2N4O3. The van der Waals surface area contributed by atoms with Gasteiger partial charge in [-0.1, -0.05) is 0 Å². The Bertz CT molecular complexity index is 420. The number of piperazine rings is 1. The Morgan fingerprint density at radius 3 is 1.96 bits per heavy atom. The highest BCUT2D eigenvalue weighted by Crippen LogP contribution is 2.34. The van der Waals surface area contributed by atoms with Gasteiger partial charge >= 0.3 is 0 Å². The minimum atomic E-state index is -0.597. The van der Waals surface area contributed by atoms with Gasteiger partial charge < -0.3 is 20.3 Å². The standard InChI is InChI=1S/C14H24N4O3.2ClH/c15-14(1-2-14)13(20)18-5-3-17(4-6-18)12(19)11-16-7-9-21-10-8-16;;/h1-11,15H2;2*1H. The zero-order valence-electron chi connectivity index (χ0n) is 13.2. The van der Waals surface area contributed by atoms with Crippen molar-refractivity contribution in [2.75, 3.05) is 59.0 Å². The van der Waals surface area contributed by atoms with E-state index in [2.05, 4.69) is 4.90 Å². The summed E-state index contributed by atoms with van der Waals surface area (Å²) in [6, 6.07) is 0. The predicted molar refractivity (Wildman–Crippen MR) is 91.1 cm³/mol. The molecule has 0 spiro atoms. The monoisotopic (exact) mass is 368 g/mol. The third kappa shape index (κ3) is 4.93. The molecule has 1 saturated carbocycles. The van der Waals surface area contributed by atoms with Gasteiger partial charge in [-0.15, -0.1) is 24.8 Å². The summed E-state index contributed by atoms with van der Waals surface area (Å²) in [5.74, 6) is 0.209. The van der Waals surface area contributed by atoms with Gasteiger partial charge in [0.2, 0.25) is 11.8 Å². The maximum Gasteiger partial charge on any atom is 0.242 e. The zero-order chi connectivity index (χ0) is 14.9. The van der Waals surface area contributed by atoms with E-state index in [1.54, 1.807) is 0 Å². The molecule has 2 saturated heterocycles. The summed E-state index contributed by atoms with van der Waals surface area (Å²) < 4.78 is 5.28. The number of nitrogens with two attached hydrogens (primary N) is 1. The smallest absolute Gasteiger partial charge is 0.242 e. The Morgan fingerprint density at radius 1 is 0.913 bits per heavy atom. The van der Waals surface area contributed by atoms with E-state index in [1.165, 1.54) is 0 Å². The molecule has 0 aromatic carbocycles. The summed E-state index contributed by atoms with van der Waals surface area (Å²) in [5.41, 5.74) is 5.35. The fraction of sp³-hybridized carbons (Fsp3) is 0.857. The van der Waals surface area contributed by atoms with E-state index in [4.69, 9.17) is 10.5 Å². The summed E-state index contributed by atoms with van der Waals surface area (Å²) >= 11 is 0. The summed E-state index contributed by atoms with van der Waals surface area (Å²) in [6.07, 6.45) is 1.59. The van der Waals surface area contributed by atoms with E-state index in [1.807, 2.05) is 9.80 Å². The van der Waals surface area contributed by atoms with Crippen LogP contribution in [0.4, 0.5) is 0 Å². The predicted octanol–water partition coefficient (Wildman–Crippen LogP) is -0.676. The van der Waals surface area contributed by atoms with Gasteiger partial charge in [0, 0.05) is 39.3 Å². The Morgan fingerprint density at radius 2 is 1.43 bits per heavy atom. The van der Waals surface area contributed by atoms with Crippen molar-refractivity contribution < 1.29 is 14.3 Å². The van der Waals surface area contributed by atoms with Gasteiger partial charge in [-0.25, -0.2) is 0 Å². The molecule has 0 unspecified atom stereocenters. The number of morpholine rings is 1. The Hall–Kier alpha value is -0.600. The number of hydrogen-bond donors (Lipinski definition) is 1. The van der Waals surface area contributed by atoms with Crippen LogP contribution >= 0.6 is 24.8 Å². The molecule has 9 heteroatoms. The molecule has 0 radical (unpaired) electrons. The maximum absolute atomic E-state index is 12.3. The van der Waals surface area contributed by atoms with Gasteiger partial charge in [-0.3, -0.25) is 14.5 Å². The number of ether oxygens (including phenoxy) is 1. The molecule has 7 nitrogen and oxygen atoms in total. The van der Waals surface area contributed by atoms with Crippen LogP contribution in [-0.2, 0) is 14.3 Å². The normalized spacial score (nSPS) is 23.5. The molecule has 134 valence electrons. The Balaban J connectivity index is 0.00000132. The lowest BCUT2D eigenvalue weighted by molar-refractivity contribution is -0.141. The van der Waals surface area contributed by atoms with Gasteiger partial charge in [-0.05, 0) is 12.8 Å². The molecule has 2 N–H and O–H groups in total. The van der Waals surface area contributed by atoms with Crippen molar-refractivity contribution in [2.24, 2.45) is 5.73 Å². The first-order valence-corrected chi connectivity index (χ1v) is 7.75. The number of carbonyl (C=O) groups is 2. The van der Waals surface area contributed by atoms with Crippen LogP contribution in [0.1, 0.15) is 12.8 Å². The third-order valence-electron chi connectivity index (χ3n) is 4.60. The highest BCUT2D eigenvalue weighted by atomic mass is 35.5. The Kier molecular flexibility index (Phi) is 7.54. The molecule has 0 bridgehead atoms. The molecule has 3 rings (SSSR count). The molecule has 0 aromatic heterocycles. The maximum atomic E-state index is 12.3. The van der Waals surface area contributed by atoms with Crippen LogP contribution in [0.25, 0.3) is 0 Å². The largest absolute Gasteiger partial charge is 0.379 e. The third-order valence-corrected chi connectivity index (χ3v) is 4.60. The quantitative estimate of drug-likeness (QED) is 0.714. The van der Waals surface area contributed by atoms with Crippen molar-refractivity contribution in [3.05, 3.63) is 0 Å². The highest BCUT2D eigenvalue weighted by molar-refractivity contribution is 5.89. The van der Waals surface area contributed by atoms with E-state index in [0.29, 0.717) is 45.9 Å². The van der Waals surface area contributed by atoms with Crippen LogP contribution in [0, 0.1) is 0 Å². The molecule has 2 heterocycles. The average Bonchev–Trinajstić information content (AvgIpc) is 3.27. The molecule has 1 aliphatic carbocycles. The van der Waals surface area contributed by atoms with Gasteiger partial charge in [-0.2, -0.15) is 0 Å². The van der Waals surface area contributed by atoms with Crippen LogP contribution in [0.3, 0.4) is 0 Å². The van der Waals surface area contributed by atoms with E-state index < -0.39 is 5.54 Å². The zero-order valence-corrected chi connectivity index (χ0v) is 14.9. The second-order valence-electron chi connectivity index (χ2n) is 6.22. The van der Waals surface area contributed by atoms with Crippen molar-refractivity contribution in [1.82, 2.24) is 14.7 Å². The van der Waals surface area contributed by atoms with Crippen LogP contribution in [-0.4, -0.2) is 91.1 Å². The van der Waals surface area contributed by atoms with E-state index in [-0.39, 0.29) is 36.6 Å². The summed E-state index contributed by atoms with van der Waals surface area (Å²) in [4.78, 5) is 30.2. The van der Waals surface area contributed by atoms with E-state index >= 15 is 0 Å². The fourth-order valence-electron chi connectivity index (χ4n) is 2.87. The molecule has 3 aliphatic rings. The molecule has 0 aromatic rings. The minimum absolute atomic E-state index is 0. The number of rotatable bonds is 3. The number of amides is 2. The molecule has 2 aliphatic heterocycles. The van der Waals surface area contributed by atoms with Crippen molar-refractivity contribution in [2.45, 2.75) is 18.4 Å². The van der Waals surface area contributed by atoms with Crippen molar-refractivity contribution in [3.8, 4) is 0 Å². The van der Waals surface area contributed by atoms with Gasteiger partial charge in [0.25, 0.3) is 0 Å². The van der Waals surface area contributed by atoms with Crippen LogP contribution in [0.2, 0.25) is 0 Å². The van der Waals surface area contributed by atoms with E-state index in [9.17, 15) is 9.59 Å². The van der Waals surface area contributed by atoms with Crippen molar-refractivity contribution in [1.29, 1.82) is 0 Å². The average molecular weight is 369 g/mol. The second-order valence-corrected chi connectivity index (χ2v) is 6.22. The van der Waals surface area contributed by atoms with Gasteiger partial charge in [0.05, 0.1) is 25.3 Å². The van der Waals surface area contributed by atoms with Gasteiger partial charge in [0.1, 0.15) is 0 Å². The topological polar surface area (TPSA) is 79.1 Å². The first-order chi connectivity index (χ1) is 10.1. The molecule has 3 fully saturated rings. The van der Waals surface area contributed by atoms with Gasteiger partial charge in [0.15, 0.2) is 0 Å². The minimum Gasteiger partial charge on any atom is -0.379 e. The number of hydrogen-bond acceptors (Lipinski definition) is 5. The Labute approximate surface area is 149 Å². The number of carbonyl (C=O) groups excluding carboxylic acids is 2. The highest BCUT2D eigenvalue weighted by Gasteiger charge is 2.48. The molecule has 23 heavy (non-hydrogen) atoms. The molecule has 2 amide bonds. The van der Waals surface area contributed by atoms with Crippen molar-refractivity contribution >= 4 is 36.6 Å². The van der Waals surface area contributed by atoms with E-state index in [0.717, 1.165) is 25.9 Å². The SMILES string of the molecule is Cl.Cl.NC1(C(=O)N2CCN(C(=O)CN3CCOCC3)CC2)CC1. The summed E-state index contributed by atoms with van der Waals surface area (Å²) in [6.45, 7) is 5.94. The van der Waals surface area contributed by atoms with Crippen LogP contribution < -0.4 is 5.73 Å². The lowest BCUT2D eigenvalue weighted by Gasteiger charge is -2.37. The summed E-state index contributed by atoms with van der Waals surface area (Å²) in [5, 5.41) is 0. The number of halogens is 2. The first-order valence-electron chi connectivity index (χ1n) is 7.75. The van der Waals surface area contributed by atoms with Crippen LogP contribution in [0.15, 0.2) is 0 Å². The lowest BCUT2D eigenvalue weighted by Crippen LogP contribution is -2.56. The molecule has 0 atom stereocenters. The second kappa shape index (κ2) is 8.48. The fourth-order valence-corrected chi connectivity index (χ4v) is 2.87. The summed E-state index contributed by atoms with van der Waals surface area (Å²) in [7, 11) is 0. The first kappa shape index (κ1) is 20.4. The molecular weight excluding hydrogens is 343 g/mol.